The number of thiophene rings is 1. The number of nitrogens with zero attached hydrogens (tertiary/aromatic N) is 2. The first-order chi connectivity index (χ1) is 13.9. The van der Waals surface area contributed by atoms with Gasteiger partial charge in [0.15, 0.2) is 0 Å². The number of benzene rings is 2. The molecule has 2 aromatic carbocycles. The van der Waals surface area contributed by atoms with Gasteiger partial charge in [-0.25, -0.2) is 5.43 Å². The van der Waals surface area contributed by atoms with Crippen LogP contribution in [0.3, 0.4) is 0 Å². The van der Waals surface area contributed by atoms with E-state index in [0.29, 0.717) is 21.2 Å². The summed E-state index contributed by atoms with van der Waals surface area (Å²) in [5, 5.41) is 17.6. The fraction of sp³-hybridized carbons (Fsp3) is 0. The first-order valence-corrected chi connectivity index (χ1v) is 9.36. The maximum absolute atomic E-state index is 12.3. The van der Waals surface area contributed by atoms with Gasteiger partial charge in [0.25, 0.3) is 11.8 Å². The first-order valence-electron chi connectivity index (χ1n) is 8.17. The molecular weight excluding hydrogens is 416 g/mol. The van der Waals surface area contributed by atoms with E-state index in [2.05, 4.69) is 15.8 Å². The average molecular weight is 429 g/mol. The largest absolute Gasteiger partial charge is 0.324 e. The van der Waals surface area contributed by atoms with Crippen molar-refractivity contribution in [3.05, 3.63) is 91.8 Å². The Labute approximate surface area is 174 Å². The van der Waals surface area contributed by atoms with Crippen LogP contribution < -0.4 is 10.7 Å². The van der Waals surface area contributed by atoms with Crippen LogP contribution in [0.5, 0.6) is 0 Å². The molecule has 29 heavy (non-hydrogen) atoms. The molecule has 1 aromatic heterocycles. The number of nitro groups is 1. The van der Waals surface area contributed by atoms with Crippen molar-refractivity contribution < 1.29 is 14.5 Å². The van der Waals surface area contributed by atoms with Gasteiger partial charge in [0.05, 0.1) is 16.0 Å². The second-order valence-electron chi connectivity index (χ2n) is 5.68. The lowest BCUT2D eigenvalue weighted by molar-refractivity contribution is -0.380. The fourth-order valence-electron chi connectivity index (χ4n) is 2.30. The smallest absolute Gasteiger partial charge is 0.322 e. The van der Waals surface area contributed by atoms with E-state index in [0.717, 1.165) is 11.3 Å². The zero-order chi connectivity index (χ0) is 20.8. The average Bonchev–Trinajstić information content (AvgIpc) is 3.17. The molecule has 1 heterocycles. The highest BCUT2D eigenvalue weighted by molar-refractivity contribution is 7.16. The monoisotopic (exact) mass is 428 g/mol. The molecule has 0 aliphatic rings. The molecule has 0 aliphatic heterocycles. The Kier molecular flexibility index (Phi) is 6.32. The van der Waals surface area contributed by atoms with E-state index in [1.165, 1.54) is 30.5 Å². The van der Waals surface area contributed by atoms with Gasteiger partial charge in [-0.15, -0.1) is 0 Å². The van der Waals surface area contributed by atoms with Crippen LogP contribution in [0, 0.1) is 10.1 Å². The molecule has 0 unspecified atom stereocenters. The Morgan fingerprint density at radius 3 is 2.45 bits per heavy atom. The van der Waals surface area contributed by atoms with Crippen molar-refractivity contribution in [1.82, 2.24) is 5.43 Å². The second kappa shape index (κ2) is 9.09. The molecular formula is C19H13ClN4O4S. The maximum Gasteiger partial charge on any atom is 0.324 e. The van der Waals surface area contributed by atoms with Crippen LogP contribution in [0.25, 0.3) is 0 Å². The fourth-order valence-corrected chi connectivity index (χ4v) is 3.18. The molecule has 3 aromatic rings. The quantitative estimate of drug-likeness (QED) is 0.345. The number of hydrogen-bond donors (Lipinski definition) is 2. The molecule has 0 saturated carbocycles. The highest BCUT2D eigenvalue weighted by Gasteiger charge is 2.10. The third-order valence-electron chi connectivity index (χ3n) is 3.62. The van der Waals surface area contributed by atoms with Gasteiger partial charge >= 0.3 is 5.00 Å². The van der Waals surface area contributed by atoms with Gasteiger partial charge < -0.3 is 5.32 Å². The summed E-state index contributed by atoms with van der Waals surface area (Å²) in [6.45, 7) is 0. The minimum atomic E-state index is -0.496. The number of hydrogen-bond acceptors (Lipinski definition) is 6. The van der Waals surface area contributed by atoms with Crippen LogP contribution in [-0.2, 0) is 0 Å². The van der Waals surface area contributed by atoms with Crippen molar-refractivity contribution in [1.29, 1.82) is 0 Å². The lowest BCUT2D eigenvalue weighted by Gasteiger charge is -2.07. The summed E-state index contributed by atoms with van der Waals surface area (Å²) in [4.78, 5) is 35.2. The number of carbonyl (C=O) groups is 2. The van der Waals surface area contributed by atoms with E-state index < -0.39 is 10.8 Å². The van der Waals surface area contributed by atoms with Crippen molar-refractivity contribution in [3.63, 3.8) is 0 Å². The molecule has 10 heteroatoms. The van der Waals surface area contributed by atoms with Gasteiger partial charge in [0.2, 0.25) is 0 Å². The highest BCUT2D eigenvalue weighted by Crippen LogP contribution is 2.22. The number of rotatable bonds is 6. The van der Waals surface area contributed by atoms with Crippen LogP contribution in [-0.4, -0.2) is 23.0 Å². The summed E-state index contributed by atoms with van der Waals surface area (Å²) in [6, 6.07) is 15.7. The predicted molar refractivity (Wildman–Crippen MR) is 112 cm³/mol. The normalized spacial score (nSPS) is 10.7. The molecule has 0 spiro atoms. The number of anilines is 1. The lowest BCUT2D eigenvalue weighted by Crippen LogP contribution is -2.18. The van der Waals surface area contributed by atoms with Crippen LogP contribution in [0.4, 0.5) is 10.7 Å². The molecule has 0 atom stereocenters. The van der Waals surface area contributed by atoms with Crippen LogP contribution in [0.15, 0.2) is 65.8 Å². The van der Waals surface area contributed by atoms with Crippen molar-refractivity contribution in [2.45, 2.75) is 0 Å². The topological polar surface area (TPSA) is 114 Å². The summed E-state index contributed by atoms with van der Waals surface area (Å²) in [5.41, 5.74) is 3.45. The van der Waals surface area contributed by atoms with E-state index in [1.54, 1.807) is 36.4 Å². The van der Waals surface area contributed by atoms with Crippen LogP contribution >= 0.6 is 22.9 Å². The van der Waals surface area contributed by atoms with Gasteiger partial charge in [-0.2, -0.15) is 5.10 Å². The lowest BCUT2D eigenvalue weighted by atomic mass is 10.1. The van der Waals surface area contributed by atoms with Crippen molar-refractivity contribution in [3.8, 4) is 0 Å². The molecule has 2 N–H and O–H groups in total. The summed E-state index contributed by atoms with van der Waals surface area (Å²) < 4.78 is 0. The van der Waals surface area contributed by atoms with Gasteiger partial charge in [0.1, 0.15) is 0 Å². The van der Waals surface area contributed by atoms with Crippen LogP contribution in [0.1, 0.15) is 25.6 Å². The minimum Gasteiger partial charge on any atom is -0.322 e. The molecule has 0 radical (unpaired) electrons. The number of halogens is 1. The van der Waals surface area contributed by atoms with E-state index in [-0.39, 0.29) is 16.5 Å². The second-order valence-corrected chi connectivity index (χ2v) is 7.21. The molecule has 3 rings (SSSR count). The van der Waals surface area contributed by atoms with Gasteiger partial charge in [-0.3, -0.25) is 19.7 Å². The number of amides is 2. The van der Waals surface area contributed by atoms with E-state index in [4.69, 9.17) is 11.6 Å². The van der Waals surface area contributed by atoms with Gasteiger partial charge in [-0.1, -0.05) is 35.1 Å². The SMILES string of the molecule is O=C(N/N=C/c1ccc([N+](=O)[O-])s1)c1cccc(NC(=O)c2cccc(Cl)c2)c1. The Morgan fingerprint density at radius 2 is 1.76 bits per heavy atom. The Hall–Kier alpha value is -3.56. The van der Waals surface area contributed by atoms with Crippen molar-refractivity contribution in [2.24, 2.45) is 5.10 Å². The minimum absolute atomic E-state index is 0.0130. The standard InChI is InChI=1S/C19H13ClN4O4S/c20-14-5-1-3-12(9-14)18(25)22-15-6-2-4-13(10-15)19(26)23-21-11-16-7-8-17(29-16)24(27)28/h1-11H,(H,22,25)(H,23,26)/b21-11+. The van der Waals surface area contributed by atoms with Crippen molar-refractivity contribution >= 4 is 51.7 Å². The Balaban J connectivity index is 1.63. The Bertz CT molecular complexity index is 1110. The van der Waals surface area contributed by atoms with Crippen molar-refractivity contribution in [2.75, 3.05) is 5.32 Å². The number of carbonyl (C=O) groups excluding carboxylic acids is 2. The molecule has 8 nitrogen and oxygen atoms in total. The molecule has 2 amide bonds. The predicted octanol–water partition coefficient (Wildman–Crippen LogP) is 4.33. The molecule has 0 aliphatic carbocycles. The zero-order valence-electron chi connectivity index (χ0n) is 14.7. The van der Waals surface area contributed by atoms with Crippen LogP contribution in [0.2, 0.25) is 5.02 Å². The Morgan fingerprint density at radius 1 is 1.03 bits per heavy atom. The number of nitrogens with one attached hydrogen (secondary N) is 2. The van der Waals surface area contributed by atoms with E-state index >= 15 is 0 Å². The number of hydrazone groups is 1. The summed E-state index contributed by atoms with van der Waals surface area (Å²) in [5.74, 6) is -0.853. The highest BCUT2D eigenvalue weighted by atomic mass is 35.5. The summed E-state index contributed by atoms with van der Waals surface area (Å²) >= 11 is 6.83. The van der Waals surface area contributed by atoms with Gasteiger partial charge in [0, 0.05) is 27.9 Å². The molecule has 0 saturated heterocycles. The van der Waals surface area contributed by atoms with Gasteiger partial charge in [-0.05, 0) is 42.5 Å². The molecule has 146 valence electrons. The van der Waals surface area contributed by atoms with E-state index in [1.807, 2.05) is 0 Å². The third kappa shape index (κ3) is 5.47. The van der Waals surface area contributed by atoms with E-state index in [9.17, 15) is 19.7 Å². The third-order valence-corrected chi connectivity index (χ3v) is 4.83. The zero-order valence-corrected chi connectivity index (χ0v) is 16.2. The summed E-state index contributed by atoms with van der Waals surface area (Å²) in [6.07, 6.45) is 1.32. The summed E-state index contributed by atoms with van der Waals surface area (Å²) in [7, 11) is 0. The molecule has 0 bridgehead atoms. The first kappa shape index (κ1) is 20.2. The maximum atomic E-state index is 12.3. The molecule has 0 fully saturated rings.